The Bertz CT molecular complexity index is 241. The highest BCUT2D eigenvalue weighted by molar-refractivity contribution is 5.74. The van der Waals surface area contributed by atoms with Crippen LogP contribution in [0.5, 0.6) is 0 Å². The molecule has 0 aromatic rings. The van der Waals surface area contributed by atoms with Crippen molar-refractivity contribution in [3.05, 3.63) is 0 Å². The number of rotatable bonds is 2. The predicted octanol–water partition coefficient (Wildman–Crippen LogP) is 0.642. The molecule has 0 spiro atoms. The van der Waals surface area contributed by atoms with Crippen LogP contribution in [0, 0.1) is 0 Å². The molecule has 2 aliphatic heterocycles. The zero-order chi connectivity index (χ0) is 11.4. The first kappa shape index (κ1) is 11.7. The topological polar surface area (TPSA) is 59.6 Å². The van der Waals surface area contributed by atoms with Crippen molar-refractivity contribution in [3.8, 4) is 0 Å². The van der Waals surface area contributed by atoms with E-state index in [1.54, 1.807) is 0 Å². The minimum atomic E-state index is -0.0744. The van der Waals surface area contributed by atoms with E-state index in [9.17, 15) is 4.79 Å². The van der Waals surface area contributed by atoms with Crippen molar-refractivity contribution < 1.29 is 14.3 Å². The Morgan fingerprint density at radius 2 is 1.94 bits per heavy atom. The quantitative estimate of drug-likeness (QED) is 0.729. The fourth-order valence-corrected chi connectivity index (χ4v) is 2.19. The molecule has 3 unspecified atom stereocenters. The monoisotopic (exact) mass is 228 g/mol. The predicted molar refractivity (Wildman–Crippen MR) is 59.3 cm³/mol. The number of hydrogen-bond donors (Lipinski definition) is 2. The molecule has 0 aliphatic carbocycles. The minimum Gasteiger partial charge on any atom is -0.379 e. The maximum Gasteiger partial charge on any atom is 0.315 e. The second-order valence-electron chi connectivity index (χ2n) is 4.58. The number of nitrogens with one attached hydrogen (secondary N) is 2. The molecule has 0 radical (unpaired) electrons. The van der Waals surface area contributed by atoms with E-state index in [1.165, 1.54) is 0 Å². The first-order chi connectivity index (χ1) is 7.74. The zero-order valence-corrected chi connectivity index (χ0v) is 9.70. The van der Waals surface area contributed by atoms with Gasteiger partial charge < -0.3 is 20.1 Å². The third-order valence-electron chi connectivity index (χ3n) is 3.09. The summed E-state index contributed by atoms with van der Waals surface area (Å²) in [5.41, 5.74) is 0. The van der Waals surface area contributed by atoms with Crippen LogP contribution in [0.25, 0.3) is 0 Å². The van der Waals surface area contributed by atoms with Crippen molar-refractivity contribution in [2.24, 2.45) is 0 Å². The molecular weight excluding hydrogens is 208 g/mol. The third-order valence-corrected chi connectivity index (χ3v) is 3.09. The Morgan fingerprint density at radius 1 is 1.19 bits per heavy atom. The fourth-order valence-electron chi connectivity index (χ4n) is 2.19. The van der Waals surface area contributed by atoms with Crippen molar-refractivity contribution in [1.82, 2.24) is 10.6 Å². The second kappa shape index (κ2) is 5.50. The van der Waals surface area contributed by atoms with Crippen LogP contribution in [-0.2, 0) is 9.47 Å². The van der Waals surface area contributed by atoms with E-state index in [-0.39, 0.29) is 24.2 Å². The lowest BCUT2D eigenvalue weighted by Crippen LogP contribution is -2.48. The maximum absolute atomic E-state index is 11.7. The van der Waals surface area contributed by atoms with Gasteiger partial charge in [0.2, 0.25) is 0 Å². The summed E-state index contributed by atoms with van der Waals surface area (Å²) < 4.78 is 10.6. The summed E-state index contributed by atoms with van der Waals surface area (Å²) in [6, 6.07) is 0.345. The van der Waals surface area contributed by atoms with Gasteiger partial charge >= 0.3 is 6.03 Å². The Kier molecular flexibility index (Phi) is 4.01. The standard InChI is InChI=1S/C11H20N2O3/c1-8-6-9(3-5-16-8)12-11(14)13-10-2-4-15-7-10/h8-10H,2-7H2,1H3,(H2,12,13,14). The number of ether oxygens (including phenoxy) is 2. The minimum absolute atomic E-state index is 0.0744. The van der Waals surface area contributed by atoms with Crippen molar-refractivity contribution in [1.29, 1.82) is 0 Å². The molecule has 0 saturated carbocycles. The largest absolute Gasteiger partial charge is 0.379 e. The molecule has 2 fully saturated rings. The molecule has 5 nitrogen and oxygen atoms in total. The average Bonchev–Trinajstić information content (AvgIpc) is 2.70. The number of amides is 2. The van der Waals surface area contributed by atoms with Gasteiger partial charge in [0, 0.05) is 19.3 Å². The van der Waals surface area contributed by atoms with Gasteiger partial charge in [-0.1, -0.05) is 0 Å². The highest BCUT2D eigenvalue weighted by Crippen LogP contribution is 2.13. The highest BCUT2D eigenvalue weighted by atomic mass is 16.5. The van der Waals surface area contributed by atoms with Gasteiger partial charge in [0.05, 0.1) is 18.8 Å². The molecule has 92 valence electrons. The van der Waals surface area contributed by atoms with E-state index in [4.69, 9.17) is 9.47 Å². The molecule has 16 heavy (non-hydrogen) atoms. The lowest BCUT2D eigenvalue weighted by Gasteiger charge is -2.28. The summed E-state index contributed by atoms with van der Waals surface area (Å²) in [5, 5.41) is 5.92. The van der Waals surface area contributed by atoms with E-state index in [0.717, 1.165) is 32.5 Å². The van der Waals surface area contributed by atoms with E-state index in [1.807, 2.05) is 6.92 Å². The summed E-state index contributed by atoms with van der Waals surface area (Å²) in [6.45, 7) is 4.16. The Morgan fingerprint density at radius 3 is 2.62 bits per heavy atom. The van der Waals surface area contributed by atoms with Gasteiger partial charge in [-0.25, -0.2) is 4.79 Å². The molecule has 0 bridgehead atoms. The summed E-state index contributed by atoms with van der Waals surface area (Å²) in [6.07, 6.45) is 2.96. The lowest BCUT2D eigenvalue weighted by molar-refractivity contribution is 0.0153. The van der Waals surface area contributed by atoms with Crippen LogP contribution in [0.4, 0.5) is 4.79 Å². The molecule has 0 aromatic carbocycles. The van der Waals surface area contributed by atoms with E-state index in [2.05, 4.69) is 10.6 Å². The molecule has 2 amide bonds. The molecule has 2 rings (SSSR count). The number of hydrogen-bond acceptors (Lipinski definition) is 3. The number of carbonyl (C=O) groups excluding carboxylic acids is 1. The van der Waals surface area contributed by atoms with Crippen molar-refractivity contribution in [2.75, 3.05) is 19.8 Å². The van der Waals surface area contributed by atoms with Crippen LogP contribution in [0.1, 0.15) is 26.2 Å². The van der Waals surface area contributed by atoms with Crippen molar-refractivity contribution >= 4 is 6.03 Å². The van der Waals surface area contributed by atoms with Gasteiger partial charge in [0.15, 0.2) is 0 Å². The van der Waals surface area contributed by atoms with E-state index in [0.29, 0.717) is 6.61 Å². The van der Waals surface area contributed by atoms with Gasteiger partial charge in [-0.05, 0) is 26.2 Å². The van der Waals surface area contributed by atoms with Gasteiger partial charge in [0.1, 0.15) is 0 Å². The lowest BCUT2D eigenvalue weighted by atomic mass is 10.0. The number of urea groups is 1. The van der Waals surface area contributed by atoms with E-state index < -0.39 is 0 Å². The van der Waals surface area contributed by atoms with Crippen LogP contribution in [0.2, 0.25) is 0 Å². The summed E-state index contributed by atoms with van der Waals surface area (Å²) >= 11 is 0. The van der Waals surface area contributed by atoms with Crippen LogP contribution in [0.3, 0.4) is 0 Å². The molecular formula is C11H20N2O3. The smallest absolute Gasteiger partial charge is 0.315 e. The molecule has 2 saturated heterocycles. The Labute approximate surface area is 95.9 Å². The molecule has 5 heteroatoms. The molecule has 2 heterocycles. The van der Waals surface area contributed by atoms with Gasteiger partial charge in [-0.3, -0.25) is 0 Å². The van der Waals surface area contributed by atoms with Crippen LogP contribution >= 0.6 is 0 Å². The molecule has 0 aromatic heterocycles. The SMILES string of the molecule is CC1CC(NC(=O)NC2CCOC2)CCO1. The van der Waals surface area contributed by atoms with Crippen LogP contribution in [-0.4, -0.2) is 44.0 Å². The molecule has 2 N–H and O–H groups in total. The van der Waals surface area contributed by atoms with Crippen molar-refractivity contribution in [2.45, 2.75) is 44.4 Å². The van der Waals surface area contributed by atoms with Gasteiger partial charge in [0.25, 0.3) is 0 Å². The maximum atomic E-state index is 11.7. The van der Waals surface area contributed by atoms with Gasteiger partial charge in [-0.2, -0.15) is 0 Å². The highest BCUT2D eigenvalue weighted by Gasteiger charge is 2.23. The normalized spacial score (nSPS) is 34.7. The zero-order valence-electron chi connectivity index (χ0n) is 9.70. The summed E-state index contributed by atoms with van der Waals surface area (Å²) in [7, 11) is 0. The first-order valence-electron chi connectivity index (χ1n) is 6.00. The Hall–Kier alpha value is -0.810. The number of carbonyl (C=O) groups is 1. The first-order valence-corrected chi connectivity index (χ1v) is 6.00. The van der Waals surface area contributed by atoms with Gasteiger partial charge in [-0.15, -0.1) is 0 Å². The fraction of sp³-hybridized carbons (Fsp3) is 0.909. The van der Waals surface area contributed by atoms with E-state index >= 15 is 0 Å². The summed E-state index contributed by atoms with van der Waals surface area (Å²) in [5.74, 6) is 0. The third kappa shape index (κ3) is 3.35. The van der Waals surface area contributed by atoms with Crippen LogP contribution in [0.15, 0.2) is 0 Å². The van der Waals surface area contributed by atoms with Crippen LogP contribution < -0.4 is 10.6 Å². The van der Waals surface area contributed by atoms with Crippen molar-refractivity contribution in [3.63, 3.8) is 0 Å². The molecule has 2 aliphatic rings. The summed E-state index contributed by atoms with van der Waals surface area (Å²) in [4.78, 5) is 11.7. The molecule has 3 atom stereocenters. The average molecular weight is 228 g/mol. The second-order valence-corrected chi connectivity index (χ2v) is 4.58. The Balaban J connectivity index is 1.69.